The van der Waals surface area contributed by atoms with Crippen LogP contribution >= 0.6 is 0 Å². The number of hydrogen-bond acceptors (Lipinski definition) is 3. The maximum Gasteiger partial charge on any atom is 0.243 e. The molecular weight excluding hydrogens is 216 g/mol. The number of nitrogens with zero attached hydrogens (tertiary/aromatic N) is 2. The molecule has 1 aliphatic rings. The highest BCUT2D eigenvalue weighted by Gasteiger charge is 2.43. The Kier molecular flexibility index (Phi) is 4.95. The lowest BCUT2D eigenvalue weighted by Crippen LogP contribution is -2.49. The molecule has 1 rings (SSSR count). The van der Waals surface area contributed by atoms with Crippen LogP contribution in [0.25, 0.3) is 0 Å². The Hall–Kier alpha value is -1.08. The molecule has 0 aromatic rings. The summed E-state index contributed by atoms with van der Waals surface area (Å²) in [4.78, 5) is 14.4. The molecule has 1 saturated heterocycles. The van der Waals surface area contributed by atoms with E-state index in [-0.39, 0.29) is 11.9 Å². The number of carbonyl (C=O) groups excluding carboxylic acids is 1. The fourth-order valence-electron chi connectivity index (χ4n) is 2.20. The molecule has 1 aliphatic heterocycles. The van der Waals surface area contributed by atoms with Crippen LogP contribution in [0.1, 0.15) is 40.0 Å². The molecule has 0 atom stereocenters. The molecule has 1 heterocycles. The van der Waals surface area contributed by atoms with Gasteiger partial charge in [-0.25, -0.2) is 0 Å². The van der Waals surface area contributed by atoms with E-state index in [9.17, 15) is 10.1 Å². The molecule has 0 spiro atoms. The van der Waals surface area contributed by atoms with E-state index in [1.165, 1.54) is 0 Å². The molecule has 0 unspecified atom stereocenters. The van der Waals surface area contributed by atoms with E-state index < -0.39 is 5.41 Å². The van der Waals surface area contributed by atoms with Gasteiger partial charge in [-0.1, -0.05) is 6.92 Å². The highest BCUT2D eigenvalue weighted by molar-refractivity contribution is 5.85. The minimum Gasteiger partial charge on any atom is -0.381 e. The van der Waals surface area contributed by atoms with E-state index in [2.05, 4.69) is 6.07 Å². The van der Waals surface area contributed by atoms with Gasteiger partial charge in [-0.2, -0.15) is 5.26 Å². The molecule has 0 N–H and O–H groups in total. The first-order valence-electron chi connectivity index (χ1n) is 6.37. The maximum absolute atomic E-state index is 12.5. The smallest absolute Gasteiger partial charge is 0.243 e. The normalized spacial score (nSPS) is 18.8. The minimum absolute atomic E-state index is 0.0137. The van der Waals surface area contributed by atoms with Crippen molar-refractivity contribution in [3.8, 4) is 6.07 Å². The lowest BCUT2D eigenvalue weighted by atomic mass is 9.80. The molecule has 0 saturated carbocycles. The molecule has 0 aromatic heterocycles. The zero-order valence-electron chi connectivity index (χ0n) is 11.0. The Labute approximate surface area is 104 Å². The van der Waals surface area contributed by atoms with Crippen LogP contribution in [-0.2, 0) is 9.53 Å². The minimum atomic E-state index is -0.850. The predicted molar refractivity (Wildman–Crippen MR) is 65.2 cm³/mol. The third-order valence-corrected chi connectivity index (χ3v) is 3.32. The van der Waals surface area contributed by atoms with Crippen molar-refractivity contribution in [1.82, 2.24) is 4.90 Å². The van der Waals surface area contributed by atoms with Gasteiger partial charge in [0.15, 0.2) is 0 Å². The molecule has 96 valence electrons. The largest absolute Gasteiger partial charge is 0.381 e. The van der Waals surface area contributed by atoms with Crippen molar-refractivity contribution in [2.75, 3.05) is 19.8 Å². The van der Waals surface area contributed by atoms with Gasteiger partial charge in [0.1, 0.15) is 5.41 Å². The molecule has 1 amide bonds. The van der Waals surface area contributed by atoms with Crippen molar-refractivity contribution in [3.05, 3.63) is 0 Å². The third-order valence-electron chi connectivity index (χ3n) is 3.32. The van der Waals surface area contributed by atoms with Crippen LogP contribution in [0.15, 0.2) is 0 Å². The average Bonchev–Trinajstić information content (AvgIpc) is 2.35. The SMILES string of the molecule is CCCN(C(=O)C1(C#N)CCOCC1)C(C)C. The lowest BCUT2D eigenvalue weighted by molar-refractivity contribution is -0.145. The first kappa shape index (κ1) is 14.0. The Balaban J connectivity index is 2.86. The van der Waals surface area contributed by atoms with Crippen molar-refractivity contribution in [3.63, 3.8) is 0 Å². The van der Waals surface area contributed by atoms with Crippen LogP contribution in [0, 0.1) is 16.7 Å². The summed E-state index contributed by atoms with van der Waals surface area (Å²) < 4.78 is 5.26. The number of hydrogen-bond donors (Lipinski definition) is 0. The van der Waals surface area contributed by atoms with Gasteiger partial charge in [0.05, 0.1) is 6.07 Å². The van der Waals surface area contributed by atoms with Gasteiger partial charge in [0.2, 0.25) is 5.91 Å². The molecule has 4 nitrogen and oxygen atoms in total. The summed E-state index contributed by atoms with van der Waals surface area (Å²) in [5.74, 6) is -0.0137. The molecule has 1 fully saturated rings. The molecule has 0 aromatic carbocycles. The van der Waals surface area contributed by atoms with Crippen molar-refractivity contribution >= 4 is 5.91 Å². The first-order chi connectivity index (χ1) is 8.07. The van der Waals surface area contributed by atoms with Gasteiger partial charge in [0.25, 0.3) is 0 Å². The molecule has 0 bridgehead atoms. The quantitative estimate of drug-likeness (QED) is 0.752. The lowest BCUT2D eigenvalue weighted by Gasteiger charge is -2.36. The number of nitriles is 1. The highest BCUT2D eigenvalue weighted by atomic mass is 16.5. The van der Waals surface area contributed by atoms with E-state index in [0.717, 1.165) is 13.0 Å². The standard InChI is InChI=1S/C13H22N2O2/c1-4-7-15(11(2)3)12(16)13(10-14)5-8-17-9-6-13/h11H,4-9H2,1-3H3. The highest BCUT2D eigenvalue weighted by Crippen LogP contribution is 2.32. The maximum atomic E-state index is 12.5. The zero-order chi connectivity index (χ0) is 12.9. The zero-order valence-corrected chi connectivity index (χ0v) is 11.0. The Morgan fingerprint density at radius 2 is 2.06 bits per heavy atom. The van der Waals surface area contributed by atoms with Crippen molar-refractivity contribution in [2.45, 2.75) is 46.1 Å². The van der Waals surface area contributed by atoms with E-state index in [1.54, 1.807) is 0 Å². The van der Waals surface area contributed by atoms with Crippen LogP contribution in [0.5, 0.6) is 0 Å². The van der Waals surface area contributed by atoms with Crippen molar-refractivity contribution in [1.29, 1.82) is 5.26 Å². The van der Waals surface area contributed by atoms with Gasteiger partial charge in [-0.3, -0.25) is 4.79 Å². The van der Waals surface area contributed by atoms with Gasteiger partial charge >= 0.3 is 0 Å². The first-order valence-corrected chi connectivity index (χ1v) is 6.37. The molecule has 0 aliphatic carbocycles. The monoisotopic (exact) mass is 238 g/mol. The van der Waals surface area contributed by atoms with Gasteiger partial charge in [-0.15, -0.1) is 0 Å². The van der Waals surface area contributed by atoms with E-state index in [0.29, 0.717) is 26.1 Å². The van der Waals surface area contributed by atoms with E-state index in [1.807, 2.05) is 25.7 Å². The fourth-order valence-corrected chi connectivity index (χ4v) is 2.20. The van der Waals surface area contributed by atoms with Gasteiger partial charge in [-0.05, 0) is 33.1 Å². The topological polar surface area (TPSA) is 53.3 Å². The Morgan fingerprint density at radius 1 is 1.47 bits per heavy atom. The van der Waals surface area contributed by atoms with E-state index in [4.69, 9.17) is 4.74 Å². The second kappa shape index (κ2) is 6.02. The number of carbonyl (C=O) groups is 1. The van der Waals surface area contributed by atoms with Crippen LogP contribution < -0.4 is 0 Å². The van der Waals surface area contributed by atoms with Crippen LogP contribution in [0.2, 0.25) is 0 Å². The van der Waals surface area contributed by atoms with E-state index >= 15 is 0 Å². The van der Waals surface area contributed by atoms with Crippen molar-refractivity contribution in [2.24, 2.45) is 5.41 Å². The fraction of sp³-hybridized carbons (Fsp3) is 0.846. The summed E-state index contributed by atoms with van der Waals surface area (Å²) in [5, 5.41) is 9.36. The summed E-state index contributed by atoms with van der Waals surface area (Å²) in [6.45, 7) is 7.79. The Bertz CT molecular complexity index is 301. The Morgan fingerprint density at radius 3 is 2.47 bits per heavy atom. The molecule has 17 heavy (non-hydrogen) atoms. The van der Waals surface area contributed by atoms with Gasteiger partial charge < -0.3 is 9.64 Å². The summed E-state index contributed by atoms with van der Waals surface area (Å²) in [6.07, 6.45) is 1.96. The van der Waals surface area contributed by atoms with Crippen molar-refractivity contribution < 1.29 is 9.53 Å². The molecule has 0 radical (unpaired) electrons. The molecule has 4 heteroatoms. The average molecular weight is 238 g/mol. The van der Waals surface area contributed by atoms with Crippen LogP contribution in [0.4, 0.5) is 0 Å². The predicted octanol–water partition coefficient (Wildman–Crippen LogP) is 1.95. The summed E-state index contributed by atoms with van der Waals surface area (Å²) >= 11 is 0. The summed E-state index contributed by atoms with van der Waals surface area (Å²) in [7, 11) is 0. The summed E-state index contributed by atoms with van der Waals surface area (Å²) in [6, 6.07) is 2.39. The molecular formula is C13H22N2O2. The van der Waals surface area contributed by atoms with Gasteiger partial charge in [0, 0.05) is 25.8 Å². The summed E-state index contributed by atoms with van der Waals surface area (Å²) in [5.41, 5.74) is -0.850. The second-order valence-corrected chi connectivity index (χ2v) is 4.90. The number of rotatable bonds is 4. The number of ether oxygens (including phenoxy) is 1. The number of amides is 1. The van der Waals surface area contributed by atoms with Crippen LogP contribution in [-0.4, -0.2) is 36.6 Å². The van der Waals surface area contributed by atoms with Crippen LogP contribution in [0.3, 0.4) is 0 Å². The third kappa shape index (κ3) is 2.98. The second-order valence-electron chi connectivity index (χ2n) is 4.90.